The maximum atomic E-state index is 11.8. The zero-order valence-corrected chi connectivity index (χ0v) is 11.5. The SMILES string of the molecule is CCOC1CCN(C(=O)NC(=O)COCC(=O)O)CC1. The number of carbonyl (C=O) groups is 3. The Hall–Kier alpha value is -1.67. The number of rotatable bonds is 6. The van der Waals surface area contributed by atoms with Gasteiger partial charge in [-0.15, -0.1) is 0 Å². The second kappa shape index (κ2) is 8.49. The molecule has 8 heteroatoms. The molecule has 3 amide bonds. The number of carboxylic acid groups (broad SMARTS) is 1. The molecule has 1 fully saturated rings. The maximum absolute atomic E-state index is 11.8. The molecule has 20 heavy (non-hydrogen) atoms. The zero-order valence-electron chi connectivity index (χ0n) is 11.5. The topological polar surface area (TPSA) is 105 Å². The number of nitrogens with one attached hydrogen (secondary N) is 1. The lowest BCUT2D eigenvalue weighted by Crippen LogP contribution is -2.48. The van der Waals surface area contributed by atoms with Gasteiger partial charge in [0.05, 0.1) is 6.10 Å². The first-order valence-electron chi connectivity index (χ1n) is 6.52. The Labute approximate surface area is 117 Å². The molecule has 1 rings (SSSR count). The highest BCUT2D eigenvalue weighted by Gasteiger charge is 2.23. The molecule has 114 valence electrons. The van der Waals surface area contributed by atoms with Crippen LogP contribution in [0.25, 0.3) is 0 Å². The van der Waals surface area contributed by atoms with Gasteiger partial charge in [-0.25, -0.2) is 9.59 Å². The Morgan fingerprint density at radius 1 is 1.25 bits per heavy atom. The quantitative estimate of drug-likeness (QED) is 0.702. The van der Waals surface area contributed by atoms with Crippen molar-refractivity contribution >= 4 is 17.9 Å². The summed E-state index contributed by atoms with van der Waals surface area (Å²) >= 11 is 0. The van der Waals surface area contributed by atoms with Crippen molar-refractivity contribution < 1.29 is 29.0 Å². The van der Waals surface area contributed by atoms with Gasteiger partial charge >= 0.3 is 12.0 Å². The van der Waals surface area contributed by atoms with Crippen LogP contribution in [0, 0.1) is 0 Å². The second-order valence-corrected chi connectivity index (χ2v) is 4.38. The molecule has 0 unspecified atom stereocenters. The second-order valence-electron chi connectivity index (χ2n) is 4.38. The Bertz CT molecular complexity index is 352. The van der Waals surface area contributed by atoms with Gasteiger partial charge in [-0.2, -0.15) is 0 Å². The lowest BCUT2D eigenvalue weighted by Gasteiger charge is -2.31. The molecule has 8 nitrogen and oxygen atoms in total. The number of amides is 3. The fourth-order valence-electron chi connectivity index (χ4n) is 1.93. The summed E-state index contributed by atoms with van der Waals surface area (Å²) in [6.45, 7) is 2.61. The average Bonchev–Trinajstić information content (AvgIpc) is 2.39. The minimum Gasteiger partial charge on any atom is -0.480 e. The van der Waals surface area contributed by atoms with Crippen molar-refractivity contribution in [3.63, 3.8) is 0 Å². The Balaban J connectivity index is 2.22. The van der Waals surface area contributed by atoms with Crippen molar-refractivity contribution in [2.45, 2.75) is 25.9 Å². The number of hydrogen-bond acceptors (Lipinski definition) is 5. The van der Waals surface area contributed by atoms with Crippen LogP contribution in [0.2, 0.25) is 0 Å². The molecule has 2 N–H and O–H groups in total. The van der Waals surface area contributed by atoms with E-state index in [9.17, 15) is 14.4 Å². The van der Waals surface area contributed by atoms with Gasteiger partial charge < -0.3 is 19.5 Å². The van der Waals surface area contributed by atoms with E-state index < -0.39 is 31.1 Å². The minimum absolute atomic E-state index is 0.165. The van der Waals surface area contributed by atoms with Crippen molar-refractivity contribution in [1.29, 1.82) is 0 Å². The summed E-state index contributed by atoms with van der Waals surface area (Å²) in [5, 5.41) is 10.5. The van der Waals surface area contributed by atoms with Crippen LogP contribution in [0.15, 0.2) is 0 Å². The van der Waals surface area contributed by atoms with Gasteiger partial charge in [-0.1, -0.05) is 0 Å². The highest BCUT2D eigenvalue weighted by atomic mass is 16.5. The zero-order chi connectivity index (χ0) is 15.0. The molecule has 0 spiro atoms. The summed E-state index contributed by atoms with van der Waals surface area (Å²) < 4.78 is 10.1. The van der Waals surface area contributed by atoms with Crippen LogP contribution in [0.3, 0.4) is 0 Å². The molecular weight excluding hydrogens is 268 g/mol. The minimum atomic E-state index is -1.16. The largest absolute Gasteiger partial charge is 0.480 e. The van der Waals surface area contributed by atoms with E-state index in [0.29, 0.717) is 19.7 Å². The summed E-state index contributed by atoms with van der Waals surface area (Å²) in [7, 11) is 0. The molecule has 0 bridgehead atoms. The van der Waals surface area contributed by atoms with Gasteiger partial charge in [-0.3, -0.25) is 10.1 Å². The third-order valence-corrected chi connectivity index (χ3v) is 2.84. The summed E-state index contributed by atoms with van der Waals surface area (Å²) in [4.78, 5) is 34.8. The van der Waals surface area contributed by atoms with Gasteiger partial charge in [0.15, 0.2) is 0 Å². The smallest absolute Gasteiger partial charge is 0.329 e. The van der Waals surface area contributed by atoms with E-state index >= 15 is 0 Å². The van der Waals surface area contributed by atoms with Gasteiger partial charge in [0, 0.05) is 19.7 Å². The van der Waals surface area contributed by atoms with Gasteiger partial charge in [0.2, 0.25) is 0 Å². The first-order valence-corrected chi connectivity index (χ1v) is 6.52. The number of carbonyl (C=O) groups excluding carboxylic acids is 2. The molecule has 1 saturated heterocycles. The summed E-state index contributed by atoms with van der Waals surface area (Å²) in [6.07, 6.45) is 1.65. The summed E-state index contributed by atoms with van der Waals surface area (Å²) in [5.74, 6) is -1.81. The number of nitrogens with zero attached hydrogens (tertiary/aromatic N) is 1. The predicted molar refractivity (Wildman–Crippen MR) is 68.2 cm³/mol. The lowest BCUT2D eigenvalue weighted by molar-refractivity contribution is -0.143. The normalized spacial score (nSPS) is 15.9. The number of carboxylic acids is 1. The van der Waals surface area contributed by atoms with Crippen molar-refractivity contribution in [2.75, 3.05) is 32.9 Å². The molecule has 0 aromatic carbocycles. The number of aliphatic carboxylic acids is 1. The van der Waals surface area contributed by atoms with Crippen molar-refractivity contribution in [1.82, 2.24) is 10.2 Å². The average molecular weight is 288 g/mol. The van der Waals surface area contributed by atoms with Crippen molar-refractivity contribution in [2.24, 2.45) is 0 Å². The molecule has 0 aliphatic carbocycles. The van der Waals surface area contributed by atoms with E-state index in [4.69, 9.17) is 9.84 Å². The molecule has 1 aliphatic rings. The number of likely N-dealkylation sites (tertiary alicyclic amines) is 1. The van der Waals surface area contributed by atoms with E-state index in [1.54, 1.807) is 0 Å². The highest BCUT2D eigenvalue weighted by molar-refractivity contribution is 5.95. The van der Waals surface area contributed by atoms with Crippen LogP contribution >= 0.6 is 0 Å². The fraction of sp³-hybridized carbons (Fsp3) is 0.750. The Morgan fingerprint density at radius 3 is 2.45 bits per heavy atom. The number of hydrogen-bond donors (Lipinski definition) is 2. The molecule has 0 aromatic heterocycles. The Morgan fingerprint density at radius 2 is 1.90 bits per heavy atom. The highest BCUT2D eigenvalue weighted by Crippen LogP contribution is 2.13. The third-order valence-electron chi connectivity index (χ3n) is 2.84. The van der Waals surface area contributed by atoms with Crippen LogP contribution in [-0.2, 0) is 19.1 Å². The van der Waals surface area contributed by atoms with E-state index in [-0.39, 0.29) is 6.10 Å². The molecule has 0 aromatic rings. The lowest BCUT2D eigenvalue weighted by atomic mass is 10.1. The third kappa shape index (κ3) is 5.98. The fourth-order valence-corrected chi connectivity index (χ4v) is 1.93. The molecule has 0 radical (unpaired) electrons. The monoisotopic (exact) mass is 288 g/mol. The van der Waals surface area contributed by atoms with Crippen molar-refractivity contribution in [3.8, 4) is 0 Å². The van der Waals surface area contributed by atoms with Gasteiger partial charge in [-0.05, 0) is 19.8 Å². The molecule has 0 atom stereocenters. The predicted octanol–water partition coefficient (Wildman–Crippen LogP) is -0.175. The molecule has 1 aliphatic heterocycles. The number of imide groups is 1. The van der Waals surface area contributed by atoms with Crippen LogP contribution in [0.1, 0.15) is 19.8 Å². The standard InChI is InChI=1S/C12H20N2O6/c1-2-20-9-3-5-14(6-4-9)12(18)13-10(15)7-19-8-11(16)17/h9H,2-8H2,1H3,(H,16,17)(H,13,15,18). The summed E-state index contributed by atoms with van der Waals surface area (Å²) in [6, 6.07) is -0.483. The Kier molecular flexibility index (Phi) is 6.96. The van der Waals surface area contributed by atoms with Crippen LogP contribution in [0.5, 0.6) is 0 Å². The van der Waals surface area contributed by atoms with E-state index in [1.165, 1.54) is 4.90 Å². The number of urea groups is 1. The van der Waals surface area contributed by atoms with Gasteiger partial charge in [0.1, 0.15) is 13.2 Å². The van der Waals surface area contributed by atoms with Crippen LogP contribution in [0.4, 0.5) is 4.79 Å². The molecule has 0 saturated carbocycles. The first-order chi connectivity index (χ1) is 9.52. The maximum Gasteiger partial charge on any atom is 0.329 e. The number of piperidine rings is 1. The van der Waals surface area contributed by atoms with Crippen molar-refractivity contribution in [3.05, 3.63) is 0 Å². The number of ether oxygens (including phenoxy) is 2. The first kappa shape index (κ1) is 16.4. The van der Waals surface area contributed by atoms with E-state index in [2.05, 4.69) is 10.1 Å². The molecular formula is C12H20N2O6. The van der Waals surface area contributed by atoms with Crippen LogP contribution < -0.4 is 5.32 Å². The van der Waals surface area contributed by atoms with Gasteiger partial charge in [0.25, 0.3) is 5.91 Å². The van der Waals surface area contributed by atoms with E-state index in [1.807, 2.05) is 6.92 Å². The molecule has 1 heterocycles. The van der Waals surface area contributed by atoms with E-state index in [0.717, 1.165) is 12.8 Å². The van der Waals surface area contributed by atoms with Crippen LogP contribution in [-0.4, -0.2) is 66.9 Å². The summed E-state index contributed by atoms with van der Waals surface area (Å²) in [5.41, 5.74) is 0.